The molecule has 0 saturated carbocycles. The standard InChI is InChI=1S/C22H31N3O4/c1-3-11-24-12-9-16(10-13-24)22(4-2)20(26)25(21(27)23-22)14-17-15-28-18-7-5-6-8-19(18)29-17/h5-8,16-17H,3-4,9-15H2,1-2H3,(H,23,27)/t17-,22-/m0/s1. The predicted molar refractivity (Wildman–Crippen MR) is 109 cm³/mol. The summed E-state index contributed by atoms with van der Waals surface area (Å²) in [5.41, 5.74) is -0.789. The average molecular weight is 402 g/mol. The minimum Gasteiger partial charge on any atom is -0.486 e. The summed E-state index contributed by atoms with van der Waals surface area (Å²) in [4.78, 5) is 30.0. The van der Waals surface area contributed by atoms with Gasteiger partial charge in [-0.25, -0.2) is 4.79 Å². The van der Waals surface area contributed by atoms with Crippen molar-refractivity contribution in [1.82, 2.24) is 15.1 Å². The quantitative estimate of drug-likeness (QED) is 0.742. The lowest BCUT2D eigenvalue weighted by Gasteiger charge is -2.40. The van der Waals surface area contributed by atoms with Crippen molar-refractivity contribution in [2.45, 2.75) is 51.2 Å². The van der Waals surface area contributed by atoms with Gasteiger partial charge in [-0.1, -0.05) is 26.0 Å². The van der Waals surface area contributed by atoms with Gasteiger partial charge in [0.05, 0.1) is 6.54 Å². The maximum absolute atomic E-state index is 13.4. The summed E-state index contributed by atoms with van der Waals surface area (Å²) in [6, 6.07) is 7.16. The van der Waals surface area contributed by atoms with Gasteiger partial charge in [0.25, 0.3) is 5.91 Å². The van der Waals surface area contributed by atoms with Gasteiger partial charge in [-0.15, -0.1) is 0 Å². The van der Waals surface area contributed by atoms with Gasteiger partial charge in [-0.05, 0) is 63.4 Å². The Hall–Kier alpha value is -2.28. The summed E-state index contributed by atoms with van der Waals surface area (Å²) < 4.78 is 11.7. The molecule has 4 rings (SSSR count). The maximum atomic E-state index is 13.4. The first-order chi connectivity index (χ1) is 14.1. The van der Waals surface area contributed by atoms with Crippen molar-refractivity contribution in [1.29, 1.82) is 0 Å². The zero-order chi connectivity index (χ0) is 20.4. The van der Waals surface area contributed by atoms with Gasteiger partial charge in [0, 0.05) is 0 Å². The van der Waals surface area contributed by atoms with Crippen LogP contribution in [-0.2, 0) is 4.79 Å². The molecule has 0 aromatic heterocycles. The van der Waals surface area contributed by atoms with E-state index in [9.17, 15) is 9.59 Å². The Labute approximate surface area is 172 Å². The van der Waals surface area contributed by atoms with Crippen molar-refractivity contribution < 1.29 is 19.1 Å². The molecule has 2 atom stereocenters. The normalized spacial score (nSPS) is 27.9. The lowest BCUT2D eigenvalue weighted by Crippen LogP contribution is -2.56. The molecule has 0 spiro atoms. The monoisotopic (exact) mass is 401 g/mol. The van der Waals surface area contributed by atoms with Crippen molar-refractivity contribution in [3.8, 4) is 11.5 Å². The van der Waals surface area contributed by atoms with E-state index in [1.54, 1.807) is 0 Å². The number of para-hydroxylation sites is 2. The molecule has 1 aromatic rings. The molecule has 7 heteroatoms. The third-order valence-electron chi connectivity index (χ3n) is 6.54. The van der Waals surface area contributed by atoms with Crippen LogP contribution in [0.15, 0.2) is 24.3 Å². The van der Waals surface area contributed by atoms with Crippen LogP contribution in [0, 0.1) is 5.92 Å². The molecular formula is C22H31N3O4. The molecule has 0 bridgehead atoms. The number of hydrogen-bond acceptors (Lipinski definition) is 5. The van der Waals surface area contributed by atoms with Crippen LogP contribution < -0.4 is 14.8 Å². The maximum Gasteiger partial charge on any atom is 0.325 e. The Morgan fingerprint density at radius 2 is 1.86 bits per heavy atom. The molecule has 0 radical (unpaired) electrons. The molecule has 2 saturated heterocycles. The number of carbonyl (C=O) groups excluding carboxylic acids is 2. The Morgan fingerprint density at radius 1 is 1.14 bits per heavy atom. The van der Waals surface area contributed by atoms with Crippen LogP contribution >= 0.6 is 0 Å². The van der Waals surface area contributed by atoms with Crippen molar-refractivity contribution in [2.75, 3.05) is 32.8 Å². The number of likely N-dealkylation sites (tertiary alicyclic amines) is 1. The van der Waals surface area contributed by atoms with E-state index in [1.165, 1.54) is 4.90 Å². The third-order valence-corrected chi connectivity index (χ3v) is 6.54. The van der Waals surface area contributed by atoms with E-state index in [4.69, 9.17) is 9.47 Å². The number of nitrogens with zero attached hydrogens (tertiary/aromatic N) is 2. The number of fused-ring (bicyclic) bond motifs is 1. The number of nitrogens with one attached hydrogen (secondary N) is 1. The summed E-state index contributed by atoms with van der Waals surface area (Å²) >= 11 is 0. The van der Waals surface area contributed by atoms with Crippen molar-refractivity contribution in [3.05, 3.63) is 24.3 Å². The number of ether oxygens (including phenoxy) is 2. The number of hydrogen-bond donors (Lipinski definition) is 1. The number of carbonyl (C=O) groups is 2. The molecule has 1 N–H and O–H groups in total. The van der Waals surface area contributed by atoms with E-state index >= 15 is 0 Å². The highest BCUT2D eigenvalue weighted by Gasteiger charge is 2.55. The molecule has 0 aliphatic carbocycles. The first-order valence-electron chi connectivity index (χ1n) is 10.8. The molecule has 1 aromatic carbocycles. The fraction of sp³-hybridized carbons (Fsp3) is 0.636. The second-order valence-electron chi connectivity index (χ2n) is 8.28. The average Bonchev–Trinajstić information content (AvgIpc) is 2.99. The van der Waals surface area contributed by atoms with Crippen molar-refractivity contribution in [3.63, 3.8) is 0 Å². The minimum absolute atomic E-state index is 0.110. The highest BCUT2D eigenvalue weighted by atomic mass is 16.6. The Kier molecular flexibility index (Phi) is 5.67. The van der Waals surface area contributed by atoms with E-state index < -0.39 is 5.54 Å². The highest BCUT2D eigenvalue weighted by Crippen LogP contribution is 2.37. The van der Waals surface area contributed by atoms with Gasteiger partial charge in [0.2, 0.25) is 0 Å². The summed E-state index contributed by atoms with van der Waals surface area (Å²) in [6.07, 6.45) is 3.25. The molecule has 29 heavy (non-hydrogen) atoms. The Bertz CT molecular complexity index is 762. The van der Waals surface area contributed by atoms with E-state index in [0.29, 0.717) is 24.5 Å². The fourth-order valence-electron chi connectivity index (χ4n) is 4.94. The van der Waals surface area contributed by atoms with Gasteiger partial charge in [-0.3, -0.25) is 9.69 Å². The van der Waals surface area contributed by atoms with Gasteiger partial charge in [0.1, 0.15) is 12.1 Å². The van der Waals surface area contributed by atoms with Gasteiger partial charge in [-0.2, -0.15) is 0 Å². The molecule has 158 valence electrons. The molecular weight excluding hydrogens is 370 g/mol. The van der Waals surface area contributed by atoms with Crippen LogP contribution in [-0.4, -0.2) is 66.2 Å². The second-order valence-corrected chi connectivity index (χ2v) is 8.28. The SMILES string of the molecule is CCCN1CCC([C@]2(CC)NC(=O)N(C[C@H]3COc4ccccc4O3)C2=O)CC1. The van der Waals surface area contributed by atoms with Crippen LogP contribution in [0.2, 0.25) is 0 Å². The fourth-order valence-corrected chi connectivity index (χ4v) is 4.94. The molecule has 3 heterocycles. The summed E-state index contributed by atoms with van der Waals surface area (Å²) in [5.74, 6) is 1.41. The van der Waals surface area contributed by atoms with Gasteiger partial charge in [0.15, 0.2) is 17.6 Å². The molecule has 3 amide bonds. The minimum atomic E-state index is -0.789. The topological polar surface area (TPSA) is 71.1 Å². The summed E-state index contributed by atoms with van der Waals surface area (Å²) in [5, 5.41) is 3.06. The van der Waals surface area contributed by atoms with Crippen LogP contribution in [0.25, 0.3) is 0 Å². The van der Waals surface area contributed by atoms with Crippen molar-refractivity contribution >= 4 is 11.9 Å². The third kappa shape index (κ3) is 3.68. The smallest absolute Gasteiger partial charge is 0.325 e. The number of rotatable bonds is 6. The summed E-state index contributed by atoms with van der Waals surface area (Å²) in [6.45, 7) is 7.78. The van der Waals surface area contributed by atoms with Crippen LogP contribution in [0.5, 0.6) is 11.5 Å². The van der Waals surface area contributed by atoms with Crippen LogP contribution in [0.1, 0.15) is 39.5 Å². The second kappa shape index (κ2) is 8.22. The predicted octanol–water partition coefficient (Wildman–Crippen LogP) is 2.65. The summed E-state index contributed by atoms with van der Waals surface area (Å²) in [7, 11) is 0. The number of amides is 3. The number of benzene rings is 1. The molecule has 3 aliphatic rings. The van der Waals surface area contributed by atoms with Gasteiger partial charge >= 0.3 is 6.03 Å². The highest BCUT2D eigenvalue weighted by molar-refractivity contribution is 6.07. The van der Waals surface area contributed by atoms with E-state index in [-0.39, 0.29) is 30.5 Å². The number of piperidine rings is 1. The Balaban J connectivity index is 1.44. The first-order valence-corrected chi connectivity index (χ1v) is 10.8. The van der Waals surface area contributed by atoms with E-state index in [1.807, 2.05) is 31.2 Å². The lowest BCUT2D eigenvalue weighted by molar-refractivity contribution is -0.135. The molecule has 7 nitrogen and oxygen atoms in total. The zero-order valence-corrected chi connectivity index (χ0v) is 17.4. The Morgan fingerprint density at radius 3 is 2.55 bits per heavy atom. The lowest BCUT2D eigenvalue weighted by atomic mass is 9.75. The van der Waals surface area contributed by atoms with Crippen molar-refractivity contribution in [2.24, 2.45) is 5.92 Å². The first kappa shape index (κ1) is 20.0. The molecule has 0 unspecified atom stereocenters. The van der Waals surface area contributed by atoms with Gasteiger partial charge < -0.3 is 19.7 Å². The van der Waals surface area contributed by atoms with Crippen LogP contribution in [0.4, 0.5) is 4.79 Å². The number of urea groups is 1. The largest absolute Gasteiger partial charge is 0.486 e. The van der Waals surface area contributed by atoms with E-state index in [2.05, 4.69) is 17.1 Å². The number of imide groups is 1. The van der Waals surface area contributed by atoms with Crippen LogP contribution in [0.3, 0.4) is 0 Å². The molecule has 3 aliphatic heterocycles. The molecule has 2 fully saturated rings. The van der Waals surface area contributed by atoms with E-state index in [0.717, 1.165) is 38.9 Å². The zero-order valence-electron chi connectivity index (χ0n) is 17.4.